The second-order valence-electron chi connectivity index (χ2n) is 6.22. The summed E-state index contributed by atoms with van der Waals surface area (Å²) in [6.07, 6.45) is 8.82. The average molecular weight is 273 g/mol. The summed E-state index contributed by atoms with van der Waals surface area (Å²) in [5.74, 6) is 1.20. The molecule has 1 atom stereocenters. The van der Waals surface area contributed by atoms with E-state index in [9.17, 15) is 0 Å². The molecule has 1 aromatic rings. The van der Waals surface area contributed by atoms with Crippen LogP contribution in [0, 0.1) is 0 Å². The molecule has 3 rings (SSSR count). The number of anilines is 1. The quantitative estimate of drug-likeness (QED) is 0.864. The Kier molecular flexibility index (Phi) is 4.56. The molecule has 1 aliphatic heterocycles. The van der Waals surface area contributed by atoms with E-state index in [4.69, 9.17) is 4.98 Å². The van der Waals surface area contributed by atoms with E-state index < -0.39 is 0 Å². The molecule has 0 amide bonds. The largest absolute Gasteiger partial charge is 0.355 e. The molecule has 3 nitrogen and oxygen atoms in total. The van der Waals surface area contributed by atoms with Gasteiger partial charge in [-0.15, -0.1) is 0 Å². The van der Waals surface area contributed by atoms with Crippen LogP contribution in [0.15, 0.2) is 12.1 Å². The normalized spacial score (nSPS) is 21.1. The SMILES string of the molecule is CCCCN(CC1CCCN1)c1ccc2c(n1)CCC2. The van der Waals surface area contributed by atoms with Gasteiger partial charge in [-0.2, -0.15) is 0 Å². The van der Waals surface area contributed by atoms with Gasteiger partial charge in [0.25, 0.3) is 0 Å². The molecule has 0 saturated carbocycles. The lowest BCUT2D eigenvalue weighted by molar-refractivity contribution is 0.568. The van der Waals surface area contributed by atoms with E-state index in [1.54, 1.807) is 0 Å². The number of fused-ring (bicyclic) bond motifs is 1. The van der Waals surface area contributed by atoms with Crippen molar-refractivity contribution < 1.29 is 0 Å². The standard InChI is InChI=1S/C17H27N3/c1-2-3-12-20(13-15-7-5-11-18-15)17-10-9-14-6-4-8-16(14)19-17/h9-10,15,18H,2-8,11-13H2,1H3. The number of hydrogen-bond donors (Lipinski definition) is 1. The van der Waals surface area contributed by atoms with Gasteiger partial charge in [-0.3, -0.25) is 0 Å². The molecule has 1 unspecified atom stereocenters. The highest BCUT2D eigenvalue weighted by Gasteiger charge is 2.20. The lowest BCUT2D eigenvalue weighted by atomic mass is 10.2. The van der Waals surface area contributed by atoms with Crippen LogP contribution in [-0.4, -0.2) is 30.7 Å². The molecule has 0 spiro atoms. The highest BCUT2D eigenvalue weighted by atomic mass is 15.2. The molecule has 20 heavy (non-hydrogen) atoms. The summed E-state index contributed by atoms with van der Waals surface area (Å²) in [6.45, 7) is 5.71. The summed E-state index contributed by atoms with van der Waals surface area (Å²) < 4.78 is 0. The predicted molar refractivity (Wildman–Crippen MR) is 84.4 cm³/mol. The zero-order valence-corrected chi connectivity index (χ0v) is 12.7. The first-order valence-corrected chi connectivity index (χ1v) is 8.34. The van der Waals surface area contributed by atoms with Gasteiger partial charge in [-0.25, -0.2) is 4.98 Å². The first kappa shape index (κ1) is 13.9. The van der Waals surface area contributed by atoms with Crippen LogP contribution in [0.4, 0.5) is 5.82 Å². The second kappa shape index (κ2) is 6.57. The van der Waals surface area contributed by atoms with Gasteiger partial charge in [0.15, 0.2) is 0 Å². The molecular formula is C17H27N3. The number of hydrogen-bond acceptors (Lipinski definition) is 3. The van der Waals surface area contributed by atoms with E-state index in [0.717, 1.165) is 13.1 Å². The summed E-state index contributed by atoms with van der Waals surface area (Å²) >= 11 is 0. The minimum Gasteiger partial charge on any atom is -0.355 e. The van der Waals surface area contributed by atoms with Crippen LogP contribution < -0.4 is 10.2 Å². The molecular weight excluding hydrogens is 246 g/mol. The number of nitrogens with zero attached hydrogens (tertiary/aromatic N) is 2. The maximum absolute atomic E-state index is 4.95. The fourth-order valence-corrected chi connectivity index (χ4v) is 3.41. The maximum atomic E-state index is 4.95. The Morgan fingerprint density at radius 3 is 3.05 bits per heavy atom. The van der Waals surface area contributed by atoms with Gasteiger partial charge in [0, 0.05) is 24.8 Å². The fraction of sp³-hybridized carbons (Fsp3) is 0.706. The minimum absolute atomic E-state index is 0.655. The predicted octanol–water partition coefficient (Wildman–Crippen LogP) is 2.93. The van der Waals surface area contributed by atoms with Gasteiger partial charge in [-0.1, -0.05) is 19.4 Å². The van der Waals surface area contributed by atoms with Crippen LogP contribution in [-0.2, 0) is 12.8 Å². The zero-order valence-electron chi connectivity index (χ0n) is 12.7. The van der Waals surface area contributed by atoms with Gasteiger partial charge >= 0.3 is 0 Å². The van der Waals surface area contributed by atoms with Crippen LogP contribution in [0.1, 0.15) is 50.3 Å². The third-order valence-corrected chi connectivity index (χ3v) is 4.62. The fourth-order valence-electron chi connectivity index (χ4n) is 3.41. The topological polar surface area (TPSA) is 28.2 Å². The molecule has 1 saturated heterocycles. The van der Waals surface area contributed by atoms with Crippen LogP contribution >= 0.6 is 0 Å². The van der Waals surface area contributed by atoms with Gasteiger partial charge in [0.1, 0.15) is 5.82 Å². The minimum atomic E-state index is 0.655. The zero-order chi connectivity index (χ0) is 13.8. The Morgan fingerprint density at radius 1 is 1.30 bits per heavy atom. The number of rotatable bonds is 6. The van der Waals surface area contributed by atoms with E-state index in [-0.39, 0.29) is 0 Å². The summed E-state index contributed by atoms with van der Waals surface area (Å²) in [7, 11) is 0. The molecule has 110 valence electrons. The van der Waals surface area contributed by atoms with Gasteiger partial charge in [0.2, 0.25) is 0 Å². The molecule has 1 aliphatic carbocycles. The summed E-state index contributed by atoms with van der Waals surface area (Å²) in [6, 6.07) is 5.21. The van der Waals surface area contributed by atoms with E-state index in [1.165, 1.54) is 68.6 Å². The van der Waals surface area contributed by atoms with Crippen molar-refractivity contribution in [3.05, 3.63) is 23.4 Å². The maximum Gasteiger partial charge on any atom is 0.128 e. The highest BCUT2D eigenvalue weighted by molar-refractivity contribution is 5.43. The van der Waals surface area contributed by atoms with Crippen molar-refractivity contribution in [2.45, 2.75) is 57.9 Å². The van der Waals surface area contributed by atoms with Crippen molar-refractivity contribution in [2.75, 3.05) is 24.5 Å². The number of unbranched alkanes of at least 4 members (excludes halogenated alkanes) is 1. The first-order chi connectivity index (χ1) is 9.86. The Hall–Kier alpha value is -1.09. The summed E-state index contributed by atoms with van der Waals surface area (Å²) in [5, 5.41) is 3.62. The summed E-state index contributed by atoms with van der Waals surface area (Å²) in [4.78, 5) is 7.45. The van der Waals surface area contributed by atoms with Crippen molar-refractivity contribution in [1.82, 2.24) is 10.3 Å². The lowest BCUT2D eigenvalue weighted by Crippen LogP contribution is -2.38. The highest BCUT2D eigenvalue weighted by Crippen LogP contribution is 2.24. The number of aromatic nitrogens is 1. The monoisotopic (exact) mass is 273 g/mol. The Labute approximate surface area is 122 Å². The van der Waals surface area contributed by atoms with Crippen LogP contribution in [0.25, 0.3) is 0 Å². The van der Waals surface area contributed by atoms with Crippen molar-refractivity contribution in [3.63, 3.8) is 0 Å². The van der Waals surface area contributed by atoms with Crippen molar-refractivity contribution >= 4 is 5.82 Å². The third-order valence-electron chi connectivity index (χ3n) is 4.62. The van der Waals surface area contributed by atoms with E-state index in [1.807, 2.05) is 0 Å². The summed E-state index contributed by atoms with van der Waals surface area (Å²) in [5.41, 5.74) is 2.83. The Morgan fingerprint density at radius 2 is 2.25 bits per heavy atom. The van der Waals surface area contributed by atoms with Crippen molar-refractivity contribution in [1.29, 1.82) is 0 Å². The average Bonchev–Trinajstić information content (AvgIpc) is 3.13. The molecule has 2 heterocycles. The molecule has 2 aliphatic rings. The van der Waals surface area contributed by atoms with Crippen molar-refractivity contribution in [2.24, 2.45) is 0 Å². The van der Waals surface area contributed by atoms with Gasteiger partial charge in [-0.05, 0) is 56.7 Å². The number of nitrogens with one attached hydrogen (secondary N) is 1. The Bertz CT molecular complexity index is 438. The van der Waals surface area contributed by atoms with E-state index in [0.29, 0.717) is 6.04 Å². The molecule has 0 radical (unpaired) electrons. The van der Waals surface area contributed by atoms with Gasteiger partial charge < -0.3 is 10.2 Å². The molecule has 1 aromatic heterocycles. The van der Waals surface area contributed by atoms with Crippen LogP contribution in [0.2, 0.25) is 0 Å². The molecule has 3 heteroatoms. The van der Waals surface area contributed by atoms with Crippen LogP contribution in [0.5, 0.6) is 0 Å². The van der Waals surface area contributed by atoms with E-state index >= 15 is 0 Å². The Balaban J connectivity index is 1.73. The first-order valence-electron chi connectivity index (χ1n) is 8.34. The van der Waals surface area contributed by atoms with E-state index in [2.05, 4.69) is 29.3 Å². The van der Waals surface area contributed by atoms with Crippen LogP contribution in [0.3, 0.4) is 0 Å². The molecule has 0 aromatic carbocycles. The molecule has 1 N–H and O–H groups in total. The van der Waals surface area contributed by atoms with Crippen molar-refractivity contribution in [3.8, 4) is 0 Å². The number of aryl methyl sites for hydroxylation is 2. The molecule has 1 fully saturated rings. The number of pyridine rings is 1. The third kappa shape index (κ3) is 3.14. The lowest BCUT2D eigenvalue weighted by Gasteiger charge is -2.27. The smallest absolute Gasteiger partial charge is 0.128 e. The van der Waals surface area contributed by atoms with Gasteiger partial charge in [0.05, 0.1) is 0 Å². The molecule has 0 bridgehead atoms. The second-order valence-corrected chi connectivity index (χ2v) is 6.22.